The molecule has 0 amide bonds. The maximum atomic E-state index is 5.84. The lowest BCUT2D eigenvalue weighted by atomic mass is 10.3. The third kappa shape index (κ3) is 0.898. The summed E-state index contributed by atoms with van der Waals surface area (Å²) >= 11 is 5.84. The van der Waals surface area contributed by atoms with E-state index in [1.54, 1.807) is 10.8 Å². The largest absolute Gasteiger partial charge is 0.302 e. The van der Waals surface area contributed by atoms with E-state index in [-0.39, 0.29) is 0 Å². The summed E-state index contributed by atoms with van der Waals surface area (Å²) in [6, 6.07) is 1.92. The van der Waals surface area contributed by atoms with E-state index < -0.39 is 0 Å². The first kappa shape index (κ1) is 7.55. The van der Waals surface area contributed by atoms with Gasteiger partial charge in [-0.15, -0.1) is 0 Å². The second kappa shape index (κ2) is 2.45. The van der Waals surface area contributed by atoms with Gasteiger partial charge < -0.3 is 4.57 Å². The molecule has 3 nitrogen and oxygen atoms in total. The lowest BCUT2D eigenvalue weighted by molar-refractivity contribution is 0.932. The van der Waals surface area contributed by atoms with Crippen LogP contribution < -0.4 is 0 Å². The van der Waals surface area contributed by atoms with Gasteiger partial charge in [-0.2, -0.15) is 0 Å². The van der Waals surface area contributed by atoms with Crippen LogP contribution in [0.1, 0.15) is 5.56 Å². The molecule has 4 heteroatoms. The number of halogens is 1. The SMILES string of the molecule is Cc1ccnc2c1nc(Cl)n2C. The molecular formula is C8H8ClN3. The molecule has 0 spiro atoms. The molecule has 0 atom stereocenters. The van der Waals surface area contributed by atoms with Crippen LogP contribution in [0.25, 0.3) is 11.2 Å². The fourth-order valence-electron chi connectivity index (χ4n) is 1.17. The minimum atomic E-state index is 0.479. The number of pyridine rings is 1. The van der Waals surface area contributed by atoms with Crippen molar-refractivity contribution < 1.29 is 0 Å². The van der Waals surface area contributed by atoms with Gasteiger partial charge in [0.25, 0.3) is 0 Å². The van der Waals surface area contributed by atoms with Crippen molar-refractivity contribution in [1.29, 1.82) is 0 Å². The summed E-state index contributed by atoms with van der Waals surface area (Å²) in [4.78, 5) is 8.36. The predicted octanol–water partition coefficient (Wildman–Crippen LogP) is 1.93. The van der Waals surface area contributed by atoms with E-state index in [0.717, 1.165) is 16.7 Å². The van der Waals surface area contributed by atoms with Crippen molar-refractivity contribution in [2.45, 2.75) is 6.92 Å². The third-order valence-corrected chi connectivity index (χ3v) is 2.24. The van der Waals surface area contributed by atoms with Gasteiger partial charge in [0.2, 0.25) is 5.28 Å². The number of imidazole rings is 1. The van der Waals surface area contributed by atoms with Gasteiger partial charge in [-0.3, -0.25) is 0 Å². The Hall–Kier alpha value is -1.09. The number of aryl methyl sites for hydroxylation is 2. The summed E-state index contributed by atoms with van der Waals surface area (Å²) in [5, 5.41) is 0.479. The minimum Gasteiger partial charge on any atom is -0.302 e. The van der Waals surface area contributed by atoms with Crippen LogP contribution in [0.5, 0.6) is 0 Å². The highest BCUT2D eigenvalue weighted by Gasteiger charge is 2.07. The molecule has 2 aromatic rings. The average Bonchev–Trinajstić information content (AvgIpc) is 2.32. The Kier molecular flexibility index (Phi) is 1.54. The predicted molar refractivity (Wildman–Crippen MR) is 48.3 cm³/mol. The second-order valence-corrected chi connectivity index (χ2v) is 3.08. The van der Waals surface area contributed by atoms with E-state index >= 15 is 0 Å². The van der Waals surface area contributed by atoms with Crippen molar-refractivity contribution >= 4 is 22.8 Å². The van der Waals surface area contributed by atoms with Crippen molar-refractivity contribution in [3.05, 3.63) is 23.1 Å². The molecule has 0 saturated heterocycles. The molecule has 0 aliphatic heterocycles. The molecule has 0 fully saturated rings. The molecule has 0 saturated carbocycles. The molecule has 0 bridgehead atoms. The number of rotatable bonds is 0. The van der Waals surface area contributed by atoms with Crippen molar-refractivity contribution in [1.82, 2.24) is 14.5 Å². The van der Waals surface area contributed by atoms with Crippen molar-refractivity contribution in [2.24, 2.45) is 7.05 Å². The molecule has 62 valence electrons. The number of aromatic nitrogens is 3. The Labute approximate surface area is 75.0 Å². The summed E-state index contributed by atoms with van der Waals surface area (Å²) in [5.41, 5.74) is 2.81. The summed E-state index contributed by atoms with van der Waals surface area (Å²) in [5.74, 6) is 0. The summed E-state index contributed by atoms with van der Waals surface area (Å²) in [6.45, 7) is 1.99. The Morgan fingerprint density at radius 3 is 2.92 bits per heavy atom. The van der Waals surface area contributed by atoms with Gasteiger partial charge in [0, 0.05) is 13.2 Å². The molecule has 0 aliphatic rings. The van der Waals surface area contributed by atoms with Gasteiger partial charge >= 0.3 is 0 Å². The zero-order chi connectivity index (χ0) is 8.72. The molecule has 2 aromatic heterocycles. The zero-order valence-corrected chi connectivity index (χ0v) is 7.63. The van der Waals surface area contributed by atoms with Crippen LogP contribution in [0.4, 0.5) is 0 Å². The summed E-state index contributed by atoms with van der Waals surface area (Å²) < 4.78 is 1.77. The summed E-state index contributed by atoms with van der Waals surface area (Å²) in [7, 11) is 1.85. The van der Waals surface area contributed by atoms with E-state index in [1.807, 2.05) is 20.0 Å². The van der Waals surface area contributed by atoms with E-state index in [0.29, 0.717) is 5.28 Å². The van der Waals surface area contributed by atoms with Crippen LogP contribution in [0, 0.1) is 6.92 Å². The first-order valence-electron chi connectivity index (χ1n) is 3.63. The highest BCUT2D eigenvalue weighted by atomic mass is 35.5. The van der Waals surface area contributed by atoms with Gasteiger partial charge in [-0.1, -0.05) is 0 Å². The van der Waals surface area contributed by atoms with Crippen molar-refractivity contribution in [2.75, 3.05) is 0 Å². The Morgan fingerprint density at radius 1 is 1.50 bits per heavy atom. The smallest absolute Gasteiger partial charge is 0.204 e. The zero-order valence-electron chi connectivity index (χ0n) is 6.87. The Morgan fingerprint density at radius 2 is 2.25 bits per heavy atom. The monoisotopic (exact) mass is 181 g/mol. The van der Waals surface area contributed by atoms with E-state index in [4.69, 9.17) is 11.6 Å². The molecule has 0 unspecified atom stereocenters. The van der Waals surface area contributed by atoms with Crippen LogP contribution in [0.2, 0.25) is 5.28 Å². The summed E-state index contributed by atoms with van der Waals surface area (Å²) in [6.07, 6.45) is 1.76. The molecule has 0 N–H and O–H groups in total. The molecule has 2 heterocycles. The van der Waals surface area contributed by atoms with Gasteiger partial charge in [-0.25, -0.2) is 9.97 Å². The topological polar surface area (TPSA) is 30.7 Å². The molecule has 0 radical (unpaired) electrons. The number of hydrogen-bond donors (Lipinski definition) is 0. The molecule has 12 heavy (non-hydrogen) atoms. The van der Waals surface area contributed by atoms with Crippen molar-refractivity contribution in [3.8, 4) is 0 Å². The van der Waals surface area contributed by atoms with Crippen LogP contribution in [0.15, 0.2) is 12.3 Å². The quantitative estimate of drug-likeness (QED) is 0.622. The average molecular weight is 182 g/mol. The normalized spacial score (nSPS) is 10.9. The molecular weight excluding hydrogens is 174 g/mol. The molecule has 2 rings (SSSR count). The first-order valence-corrected chi connectivity index (χ1v) is 4.01. The minimum absolute atomic E-state index is 0.479. The highest BCUT2D eigenvalue weighted by molar-refractivity contribution is 6.29. The fraction of sp³-hybridized carbons (Fsp3) is 0.250. The lowest BCUT2D eigenvalue weighted by Gasteiger charge is -1.94. The Balaban J connectivity index is 2.95. The highest BCUT2D eigenvalue weighted by Crippen LogP contribution is 2.18. The van der Waals surface area contributed by atoms with Gasteiger partial charge in [0.05, 0.1) is 0 Å². The lowest BCUT2D eigenvalue weighted by Crippen LogP contribution is -1.89. The standard InChI is InChI=1S/C8H8ClN3/c1-5-3-4-10-7-6(5)11-8(9)12(7)2/h3-4H,1-2H3. The number of fused-ring (bicyclic) bond motifs is 1. The second-order valence-electron chi connectivity index (χ2n) is 2.74. The molecule has 0 aliphatic carbocycles. The van der Waals surface area contributed by atoms with Gasteiger partial charge in [0.15, 0.2) is 5.65 Å². The van der Waals surface area contributed by atoms with Crippen LogP contribution >= 0.6 is 11.6 Å². The van der Waals surface area contributed by atoms with Gasteiger partial charge in [0.1, 0.15) is 5.52 Å². The van der Waals surface area contributed by atoms with Gasteiger partial charge in [-0.05, 0) is 30.2 Å². The Bertz CT molecular complexity index is 433. The third-order valence-electron chi connectivity index (χ3n) is 1.91. The van der Waals surface area contributed by atoms with Crippen LogP contribution in [-0.2, 0) is 7.05 Å². The van der Waals surface area contributed by atoms with Crippen LogP contribution in [0.3, 0.4) is 0 Å². The fourth-order valence-corrected chi connectivity index (χ4v) is 1.34. The number of nitrogens with zero attached hydrogens (tertiary/aromatic N) is 3. The molecule has 0 aromatic carbocycles. The first-order chi connectivity index (χ1) is 5.70. The van der Waals surface area contributed by atoms with Crippen LogP contribution in [-0.4, -0.2) is 14.5 Å². The maximum Gasteiger partial charge on any atom is 0.204 e. The van der Waals surface area contributed by atoms with E-state index in [2.05, 4.69) is 9.97 Å². The van der Waals surface area contributed by atoms with E-state index in [1.165, 1.54) is 0 Å². The number of hydrogen-bond acceptors (Lipinski definition) is 2. The van der Waals surface area contributed by atoms with E-state index in [9.17, 15) is 0 Å². The maximum absolute atomic E-state index is 5.84. The van der Waals surface area contributed by atoms with Crippen molar-refractivity contribution in [3.63, 3.8) is 0 Å².